The Morgan fingerprint density at radius 2 is 1.47 bits per heavy atom. The highest BCUT2D eigenvalue weighted by atomic mass is 32.2. The lowest BCUT2D eigenvalue weighted by Gasteiger charge is -2.22. The van der Waals surface area contributed by atoms with Crippen molar-refractivity contribution in [2.45, 2.75) is 18.2 Å². The van der Waals surface area contributed by atoms with Gasteiger partial charge in [0.2, 0.25) is 15.9 Å². The van der Waals surface area contributed by atoms with Gasteiger partial charge in [0.25, 0.3) is 0 Å². The maximum atomic E-state index is 13.6. The first-order valence-electron chi connectivity index (χ1n) is 12.2. The van der Waals surface area contributed by atoms with E-state index in [0.29, 0.717) is 34.9 Å². The second-order valence-corrected chi connectivity index (χ2v) is 10.6. The van der Waals surface area contributed by atoms with Gasteiger partial charge in [0, 0.05) is 12.2 Å². The summed E-state index contributed by atoms with van der Waals surface area (Å²) in [5.74, 6) is 1.48. The van der Waals surface area contributed by atoms with Crippen LogP contribution < -0.4 is 14.8 Å². The number of hydrogen-bond donors (Lipinski definition) is 1. The average Bonchev–Trinajstić information content (AvgIpc) is 2.93. The lowest BCUT2D eigenvalue weighted by Crippen LogP contribution is -2.39. The summed E-state index contributed by atoms with van der Waals surface area (Å²) in [4.78, 5) is 13.1. The van der Waals surface area contributed by atoms with Crippen LogP contribution in [0.2, 0.25) is 0 Å². The van der Waals surface area contributed by atoms with Gasteiger partial charge in [0.15, 0.2) is 0 Å². The van der Waals surface area contributed by atoms with Gasteiger partial charge in [-0.2, -0.15) is 4.31 Å². The number of amides is 1. The van der Waals surface area contributed by atoms with Crippen LogP contribution in [-0.2, 0) is 21.2 Å². The molecule has 0 bridgehead atoms. The Balaban J connectivity index is 1.48. The molecule has 0 unspecified atom stereocenters. The number of nitrogens with zero attached hydrogens (tertiary/aromatic N) is 1. The van der Waals surface area contributed by atoms with Gasteiger partial charge in [-0.1, -0.05) is 48.5 Å². The van der Waals surface area contributed by atoms with E-state index in [0.717, 1.165) is 5.56 Å². The maximum absolute atomic E-state index is 13.6. The number of carbonyl (C=O) groups is 1. The molecule has 4 aromatic rings. The third kappa shape index (κ3) is 7.00. The molecule has 196 valence electrons. The highest BCUT2D eigenvalue weighted by Crippen LogP contribution is 2.25. The van der Waals surface area contributed by atoms with Gasteiger partial charge in [-0.15, -0.1) is 0 Å². The highest BCUT2D eigenvalue weighted by molar-refractivity contribution is 7.89. The zero-order valence-corrected chi connectivity index (χ0v) is 22.1. The lowest BCUT2D eigenvalue weighted by atomic mass is 10.1. The molecule has 1 N–H and O–H groups in total. The summed E-state index contributed by atoms with van der Waals surface area (Å²) in [5.41, 5.74) is 2.21. The summed E-state index contributed by atoms with van der Waals surface area (Å²) in [7, 11) is -2.42. The van der Waals surface area contributed by atoms with Crippen LogP contribution in [-0.4, -0.2) is 38.8 Å². The van der Waals surface area contributed by atoms with Gasteiger partial charge >= 0.3 is 0 Å². The van der Waals surface area contributed by atoms with E-state index in [2.05, 4.69) is 5.32 Å². The van der Waals surface area contributed by atoms with Crippen LogP contribution in [0.5, 0.6) is 17.2 Å². The van der Waals surface area contributed by atoms with Gasteiger partial charge in [0.1, 0.15) is 17.2 Å². The van der Waals surface area contributed by atoms with E-state index in [1.54, 1.807) is 43.3 Å². The standard InChI is InChI=1S/C30H30N2O5S/c1-23-21-28(17-18-29(23)36-2)38(34,35)32(20-19-24-9-5-3-6-10-24)22-30(33)31-25-13-15-27(16-14-25)37-26-11-7-4-8-12-26/h3-18,21H,19-20,22H2,1-2H3,(H,31,33). The van der Waals surface area contributed by atoms with Crippen molar-refractivity contribution < 1.29 is 22.7 Å². The van der Waals surface area contributed by atoms with Crippen LogP contribution in [0.4, 0.5) is 5.69 Å². The molecule has 0 saturated carbocycles. The number of para-hydroxylation sites is 1. The van der Waals surface area contributed by atoms with Crippen molar-refractivity contribution in [3.05, 3.63) is 114 Å². The molecule has 0 heterocycles. The van der Waals surface area contributed by atoms with Gasteiger partial charge in [-0.25, -0.2) is 8.42 Å². The Morgan fingerprint density at radius 3 is 2.11 bits per heavy atom. The molecule has 0 aromatic heterocycles. The van der Waals surface area contributed by atoms with Crippen LogP contribution >= 0.6 is 0 Å². The molecule has 0 radical (unpaired) electrons. The molecule has 0 aliphatic rings. The highest BCUT2D eigenvalue weighted by Gasteiger charge is 2.27. The van der Waals surface area contributed by atoms with Crippen LogP contribution in [0.25, 0.3) is 0 Å². The Bertz CT molecular complexity index is 1460. The Kier molecular flexibility index (Phi) is 8.78. The summed E-state index contributed by atoms with van der Waals surface area (Å²) in [6, 6.07) is 30.5. The molecular formula is C30H30N2O5S. The van der Waals surface area contributed by atoms with Crippen molar-refractivity contribution in [2.24, 2.45) is 0 Å². The molecule has 7 nitrogen and oxygen atoms in total. The Labute approximate surface area is 223 Å². The zero-order valence-electron chi connectivity index (χ0n) is 21.3. The van der Waals surface area contributed by atoms with Gasteiger partial charge < -0.3 is 14.8 Å². The number of ether oxygens (including phenoxy) is 2. The predicted octanol–water partition coefficient (Wildman–Crippen LogP) is 5.67. The third-order valence-electron chi connectivity index (χ3n) is 5.93. The van der Waals surface area contributed by atoms with Crippen molar-refractivity contribution in [3.63, 3.8) is 0 Å². The minimum Gasteiger partial charge on any atom is -0.496 e. The molecule has 0 atom stereocenters. The fourth-order valence-corrected chi connectivity index (χ4v) is 5.42. The number of rotatable bonds is 11. The number of benzene rings is 4. The minimum atomic E-state index is -3.95. The topological polar surface area (TPSA) is 84.9 Å². The Morgan fingerprint density at radius 1 is 0.842 bits per heavy atom. The van der Waals surface area contributed by atoms with E-state index >= 15 is 0 Å². The maximum Gasteiger partial charge on any atom is 0.243 e. The van der Waals surface area contributed by atoms with Crippen LogP contribution in [0, 0.1) is 6.92 Å². The summed E-state index contributed by atoms with van der Waals surface area (Å²) in [6.45, 7) is 1.60. The number of hydrogen-bond acceptors (Lipinski definition) is 5. The Hall–Kier alpha value is -4.14. The molecule has 0 saturated heterocycles. The summed E-state index contributed by atoms with van der Waals surface area (Å²) >= 11 is 0. The SMILES string of the molecule is COc1ccc(S(=O)(=O)N(CCc2ccccc2)CC(=O)Nc2ccc(Oc3ccccc3)cc2)cc1C. The van der Waals surface area contributed by atoms with Gasteiger partial charge in [-0.3, -0.25) is 4.79 Å². The van der Waals surface area contributed by atoms with Crippen LogP contribution in [0.15, 0.2) is 108 Å². The molecule has 0 spiro atoms. The monoisotopic (exact) mass is 530 g/mol. The van der Waals surface area contributed by atoms with E-state index in [1.165, 1.54) is 17.5 Å². The molecule has 4 aromatic carbocycles. The van der Waals surface area contributed by atoms with Crippen LogP contribution in [0.1, 0.15) is 11.1 Å². The average molecular weight is 531 g/mol. The lowest BCUT2D eigenvalue weighted by molar-refractivity contribution is -0.116. The van der Waals surface area contributed by atoms with Crippen molar-refractivity contribution in [2.75, 3.05) is 25.5 Å². The van der Waals surface area contributed by atoms with Gasteiger partial charge in [-0.05, 0) is 79.1 Å². The number of nitrogens with one attached hydrogen (secondary N) is 1. The molecule has 38 heavy (non-hydrogen) atoms. The first kappa shape index (κ1) is 26.9. The number of aryl methyl sites for hydroxylation is 1. The van der Waals surface area contributed by atoms with E-state index in [-0.39, 0.29) is 18.0 Å². The van der Waals surface area contributed by atoms with Crippen molar-refractivity contribution in [1.82, 2.24) is 4.31 Å². The third-order valence-corrected chi connectivity index (χ3v) is 7.77. The first-order chi connectivity index (χ1) is 18.3. The molecular weight excluding hydrogens is 500 g/mol. The van der Waals surface area contributed by atoms with E-state index < -0.39 is 15.9 Å². The molecule has 8 heteroatoms. The second-order valence-electron chi connectivity index (χ2n) is 8.69. The molecule has 4 rings (SSSR count). The summed E-state index contributed by atoms with van der Waals surface area (Å²) < 4.78 is 39.5. The van der Waals surface area contributed by atoms with Crippen LogP contribution in [0.3, 0.4) is 0 Å². The largest absolute Gasteiger partial charge is 0.496 e. The van der Waals surface area contributed by atoms with E-state index in [4.69, 9.17) is 9.47 Å². The normalized spacial score (nSPS) is 11.2. The zero-order chi connectivity index (χ0) is 27.0. The minimum absolute atomic E-state index is 0.110. The number of anilines is 1. The number of carbonyl (C=O) groups excluding carboxylic acids is 1. The number of methoxy groups -OCH3 is 1. The van der Waals surface area contributed by atoms with Gasteiger partial charge in [0.05, 0.1) is 18.6 Å². The molecule has 0 aliphatic heterocycles. The van der Waals surface area contributed by atoms with Crippen molar-refractivity contribution >= 4 is 21.6 Å². The first-order valence-corrected chi connectivity index (χ1v) is 13.6. The summed E-state index contributed by atoms with van der Waals surface area (Å²) in [6.07, 6.45) is 0.466. The molecule has 1 amide bonds. The fourth-order valence-electron chi connectivity index (χ4n) is 3.93. The predicted molar refractivity (Wildman–Crippen MR) is 148 cm³/mol. The van der Waals surface area contributed by atoms with E-state index in [1.807, 2.05) is 60.7 Å². The smallest absolute Gasteiger partial charge is 0.243 e. The quantitative estimate of drug-likeness (QED) is 0.270. The van der Waals surface area contributed by atoms with Crippen molar-refractivity contribution in [3.8, 4) is 17.2 Å². The second kappa shape index (κ2) is 12.4. The van der Waals surface area contributed by atoms with E-state index in [9.17, 15) is 13.2 Å². The summed E-state index contributed by atoms with van der Waals surface area (Å²) in [5, 5.41) is 2.79. The fraction of sp³-hybridized carbons (Fsp3) is 0.167. The number of sulfonamides is 1. The van der Waals surface area contributed by atoms with Crippen molar-refractivity contribution in [1.29, 1.82) is 0 Å². The molecule has 0 fully saturated rings. The molecule has 0 aliphatic carbocycles.